The standard InChI is InChI=1S/C19H15BrFNO4/c1-24-10-13-7-12(4-6-15(13)20)18-9-17(22-26-18)11-3-5-14(16(21)8-11)19(23)25-2/h3-9H,10H2,1-2H3. The zero-order valence-corrected chi connectivity index (χ0v) is 15.7. The topological polar surface area (TPSA) is 61.6 Å². The average molecular weight is 420 g/mol. The van der Waals surface area contributed by atoms with Crippen molar-refractivity contribution in [1.29, 1.82) is 0 Å². The summed E-state index contributed by atoms with van der Waals surface area (Å²) in [4.78, 5) is 11.5. The van der Waals surface area contributed by atoms with Crippen LogP contribution in [0.5, 0.6) is 0 Å². The predicted molar refractivity (Wildman–Crippen MR) is 97.1 cm³/mol. The molecule has 5 nitrogen and oxygen atoms in total. The van der Waals surface area contributed by atoms with Gasteiger partial charge < -0.3 is 14.0 Å². The van der Waals surface area contributed by atoms with Crippen LogP contribution in [0.15, 0.2) is 51.5 Å². The highest BCUT2D eigenvalue weighted by Crippen LogP contribution is 2.30. The van der Waals surface area contributed by atoms with Gasteiger partial charge in [-0.25, -0.2) is 9.18 Å². The maximum Gasteiger partial charge on any atom is 0.340 e. The van der Waals surface area contributed by atoms with Crippen molar-refractivity contribution in [2.24, 2.45) is 0 Å². The van der Waals surface area contributed by atoms with Gasteiger partial charge in [0.2, 0.25) is 0 Å². The van der Waals surface area contributed by atoms with E-state index in [4.69, 9.17) is 9.26 Å². The SMILES string of the molecule is COCc1cc(-c2cc(-c3ccc(C(=O)OC)c(F)c3)no2)ccc1Br. The zero-order valence-electron chi connectivity index (χ0n) is 14.1. The minimum atomic E-state index is -0.726. The van der Waals surface area contributed by atoms with Gasteiger partial charge in [0.1, 0.15) is 11.5 Å². The summed E-state index contributed by atoms with van der Waals surface area (Å²) in [6, 6.07) is 11.6. The van der Waals surface area contributed by atoms with E-state index in [1.54, 1.807) is 19.2 Å². The third kappa shape index (κ3) is 3.68. The lowest BCUT2D eigenvalue weighted by Gasteiger charge is -2.05. The summed E-state index contributed by atoms with van der Waals surface area (Å²) in [5.41, 5.74) is 2.63. The van der Waals surface area contributed by atoms with Crippen LogP contribution in [0.4, 0.5) is 4.39 Å². The molecule has 1 heterocycles. The van der Waals surface area contributed by atoms with Gasteiger partial charge in [-0.2, -0.15) is 0 Å². The summed E-state index contributed by atoms with van der Waals surface area (Å²) in [7, 11) is 2.83. The van der Waals surface area contributed by atoms with E-state index in [1.165, 1.54) is 19.2 Å². The number of carbonyl (C=O) groups is 1. The summed E-state index contributed by atoms with van der Waals surface area (Å²) in [5.74, 6) is -0.859. The molecule has 2 aromatic carbocycles. The lowest BCUT2D eigenvalue weighted by atomic mass is 10.1. The van der Waals surface area contributed by atoms with Crippen LogP contribution in [0.25, 0.3) is 22.6 Å². The molecule has 134 valence electrons. The fourth-order valence-electron chi connectivity index (χ4n) is 2.49. The zero-order chi connectivity index (χ0) is 18.7. The van der Waals surface area contributed by atoms with Crippen LogP contribution in [-0.2, 0) is 16.1 Å². The summed E-state index contributed by atoms with van der Waals surface area (Å²) in [6.45, 7) is 0.454. The molecule has 3 aromatic rings. The Kier molecular flexibility index (Phi) is 5.49. The van der Waals surface area contributed by atoms with Crippen molar-refractivity contribution >= 4 is 21.9 Å². The Morgan fingerprint density at radius 2 is 1.92 bits per heavy atom. The molecule has 3 rings (SSSR count). The van der Waals surface area contributed by atoms with Gasteiger partial charge in [-0.3, -0.25) is 0 Å². The number of halogens is 2. The molecule has 0 aliphatic carbocycles. The lowest BCUT2D eigenvalue weighted by molar-refractivity contribution is 0.0595. The third-order valence-corrected chi connectivity index (χ3v) is 4.58. The van der Waals surface area contributed by atoms with Gasteiger partial charge in [-0.1, -0.05) is 27.2 Å². The molecule has 0 unspecified atom stereocenters. The van der Waals surface area contributed by atoms with E-state index in [0.717, 1.165) is 15.6 Å². The van der Waals surface area contributed by atoms with Crippen LogP contribution in [0, 0.1) is 5.82 Å². The van der Waals surface area contributed by atoms with Crippen molar-refractivity contribution in [3.8, 4) is 22.6 Å². The summed E-state index contributed by atoms with van der Waals surface area (Å²) >= 11 is 3.47. The Hall–Kier alpha value is -2.51. The van der Waals surface area contributed by atoms with Crippen LogP contribution in [0.2, 0.25) is 0 Å². The Balaban J connectivity index is 1.92. The molecule has 0 bridgehead atoms. The molecule has 0 radical (unpaired) electrons. The van der Waals surface area contributed by atoms with Crippen molar-refractivity contribution in [1.82, 2.24) is 5.16 Å². The minimum absolute atomic E-state index is 0.128. The van der Waals surface area contributed by atoms with Crippen LogP contribution >= 0.6 is 15.9 Å². The van der Waals surface area contributed by atoms with Gasteiger partial charge in [0.15, 0.2) is 5.76 Å². The van der Waals surface area contributed by atoms with E-state index in [0.29, 0.717) is 23.6 Å². The monoisotopic (exact) mass is 419 g/mol. The first-order valence-electron chi connectivity index (χ1n) is 7.66. The smallest absolute Gasteiger partial charge is 0.340 e. The number of benzene rings is 2. The summed E-state index contributed by atoms with van der Waals surface area (Å²) in [5, 5.41) is 4.00. The van der Waals surface area contributed by atoms with E-state index in [2.05, 4.69) is 25.8 Å². The third-order valence-electron chi connectivity index (χ3n) is 3.81. The number of ether oxygens (including phenoxy) is 2. The van der Waals surface area contributed by atoms with E-state index in [1.807, 2.05) is 18.2 Å². The van der Waals surface area contributed by atoms with Crippen LogP contribution in [0.1, 0.15) is 15.9 Å². The maximum absolute atomic E-state index is 14.1. The highest BCUT2D eigenvalue weighted by Gasteiger charge is 2.15. The predicted octanol–water partition coefficient (Wildman–Crippen LogP) is 4.84. The summed E-state index contributed by atoms with van der Waals surface area (Å²) < 4.78 is 30.1. The number of aromatic nitrogens is 1. The number of carbonyl (C=O) groups excluding carboxylic acids is 1. The Labute approximate surface area is 157 Å². The van der Waals surface area contributed by atoms with Gasteiger partial charge >= 0.3 is 5.97 Å². The largest absolute Gasteiger partial charge is 0.465 e. The van der Waals surface area contributed by atoms with Crippen molar-refractivity contribution < 1.29 is 23.2 Å². The second kappa shape index (κ2) is 7.80. The second-order valence-corrected chi connectivity index (χ2v) is 6.36. The minimum Gasteiger partial charge on any atom is -0.465 e. The molecule has 0 aliphatic heterocycles. The van der Waals surface area contributed by atoms with Crippen molar-refractivity contribution in [2.75, 3.05) is 14.2 Å². The highest BCUT2D eigenvalue weighted by atomic mass is 79.9. The Morgan fingerprint density at radius 1 is 1.15 bits per heavy atom. The summed E-state index contributed by atoms with van der Waals surface area (Å²) in [6.07, 6.45) is 0. The van der Waals surface area contributed by atoms with Gasteiger partial charge in [0.05, 0.1) is 19.3 Å². The Morgan fingerprint density at radius 3 is 2.62 bits per heavy atom. The molecule has 1 aromatic heterocycles. The average Bonchev–Trinajstić information content (AvgIpc) is 3.13. The quantitative estimate of drug-likeness (QED) is 0.553. The van der Waals surface area contributed by atoms with Gasteiger partial charge in [-0.05, 0) is 35.9 Å². The molecule has 0 saturated heterocycles. The van der Waals surface area contributed by atoms with E-state index in [9.17, 15) is 9.18 Å². The highest BCUT2D eigenvalue weighted by molar-refractivity contribution is 9.10. The molecule has 7 heteroatoms. The first-order valence-corrected chi connectivity index (χ1v) is 8.45. The van der Waals surface area contributed by atoms with Gasteiger partial charge in [-0.15, -0.1) is 0 Å². The number of rotatable bonds is 5. The van der Waals surface area contributed by atoms with Crippen molar-refractivity contribution in [3.63, 3.8) is 0 Å². The number of methoxy groups -OCH3 is 2. The molecule has 26 heavy (non-hydrogen) atoms. The molecule has 0 amide bonds. The van der Waals surface area contributed by atoms with E-state index >= 15 is 0 Å². The van der Waals surface area contributed by atoms with Crippen molar-refractivity contribution in [2.45, 2.75) is 6.61 Å². The fraction of sp³-hybridized carbons (Fsp3) is 0.158. The first-order chi connectivity index (χ1) is 12.5. The fourth-order valence-corrected chi connectivity index (χ4v) is 2.85. The molecule has 0 fully saturated rings. The van der Waals surface area contributed by atoms with Crippen LogP contribution in [-0.4, -0.2) is 25.3 Å². The molecule has 0 saturated carbocycles. The molecular weight excluding hydrogens is 405 g/mol. The normalized spacial score (nSPS) is 10.8. The van der Waals surface area contributed by atoms with Gasteiger partial charge in [0.25, 0.3) is 0 Å². The lowest BCUT2D eigenvalue weighted by Crippen LogP contribution is -2.04. The first kappa shape index (κ1) is 18.3. The number of nitrogens with zero attached hydrogens (tertiary/aromatic N) is 1. The number of esters is 1. The number of hydrogen-bond donors (Lipinski definition) is 0. The maximum atomic E-state index is 14.1. The van der Waals surface area contributed by atoms with Crippen LogP contribution < -0.4 is 0 Å². The van der Waals surface area contributed by atoms with E-state index in [-0.39, 0.29) is 5.56 Å². The molecular formula is C19H15BrFNO4. The molecule has 0 aliphatic rings. The number of hydrogen-bond acceptors (Lipinski definition) is 5. The van der Waals surface area contributed by atoms with Crippen LogP contribution in [0.3, 0.4) is 0 Å². The molecule has 0 atom stereocenters. The van der Waals surface area contributed by atoms with Crippen molar-refractivity contribution in [3.05, 3.63) is 63.9 Å². The second-order valence-electron chi connectivity index (χ2n) is 5.50. The molecule has 0 spiro atoms. The molecule has 0 N–H and O–H groups in total. The van der Waals surface area contributed by atoms with Gasteiger partial charge in [0, 0.05) is 28.8 Å². The van der Waals surface area contributed by atoms with E-state index < -0.39 is 11.8 Å². The Bertz CT molecular complexity index is 954.